The molecule has 2 nitrogen and oxygen atoms in total. The normalized spacial score (nSPS) is 10.2. The molecule has 0 atom stereocenters. The molecule has 28 heavy (non-hydrogen) atoms. The lowest BCUT2D eigenvalue weighted by molar-refractivity contribution is 0.0600. The molecule has 0 heterocycles. The first-order chi connectivity index (χ1) is 13.7. The van der Waals surface area contributed by atoms with Crippen molar-refractivity contribution in [1.82, 2.24) is 0 Å². The van der Waals surface area contributed by atoms with E-state index in [9.17, 15) is 4.79 Å². The SMILES string of the molecule is C=Cc1ccc(-c2ccccc2/C=C/C#Cc2ccc(C(=O)OC)cc2)cc1. The Kier molecular flexibility index (Phi) is 6.23. The molecule has 0 fully saturated rings. The number of rotatable bonds is 4. The van der Waals surface area contributed by atoms with E-state index < -0.39 is 0 Å². The molecule has 0 amide bonds. The van der Waals surface area contributed by atoms with Gasteiger partial charge in [-0.2, -0.15) is 0 Å². The standard InChI is InChI=1S/C26H20O2/c1-3-20-12-16-23(17-13-20)25-11-7-6-10-22(25)9-5-4-8-21-14-18-24(19-15-21)26(27)28-2/h3,5-7,9-19H,1H2,2H3/b9-5+. The second-order valence-electron chi connectivity index (χ2n) is 6.08. The van der Waals surface area contributed by atoms with Crippen LogP contribution in [0.2, 0.25) is 0 Å². The van der Waals surface area contributed by atoms with Crippen molar-refractivity contribution in [3.63, 3.8) is 0 Å². The first kappa shape index (κ1) is 18.9. The van der Waals surface area contributed by atoms with Crippen molar-refractivity contribution < 1.29 is 9.53 Å². The van der Waals surface area contributed by atoms with Gasteiger partial charge < -0.3 is 4.74 Å². The Hall–Kier alpha value is -3.83. The van der Waals surface area contributed by atoms with Crippen LogP contribution in [0.15, 0.2) is 85.5 Å². The predicted molar refractivity (Wildman–Crippen MR) is 116 cm³/mol. The van der Waals surface area contributed by atoms with Crippen LogP contribution in [0, 0.1) is 11.8 Å². The van der Waals surface area contributed by atoms with E-state index in [0.717, 1.165) is 27.8 Å². The minimum absolute atomic E-state index is 0.350. The molecule has 3 aromatic rings. The molecule has 3 aromatic carbocycles. The van der Waals surface area contributed by atoms with Crippen LogP contribution in [-0.4, -0.2) is 13.1 Å². The van der Waals surface area contributed by atoms with Gasteiger partial charge in [0.25, 0.3) is 0 Å². The van der Waals surface area contributed by atoms with E-state index in [4.69, 9.17) is 4.74 Å². The minimum atomic E-state index is -0.350. The van der Waals surface area contributed by atoms with E-state index in [1.807, 2.05) is 42.5 Å². The second-order valence-corrected chi connectivity index (χ2v) is 6.08. The topological polar surface area (TPSA) is 26.3 Å². The van der Waals surface area contributed by atoms with E-state index in [2.05, 4.69) is 54.8 Å². The highest BCUT2D eigenvalue weighted by Crippen LogP contribution is 2.25. The maximum absolute atomic E-state index is 11.5. The Morgan fingerprint density at radius 2 is 1.68 bits per heavy atom. The monoisotopic (exact) mass is 364 g/mol. The molecule has 3 rings (SSSR count). The lowest BCUT2D eigenvalue weighted by atomic mass is 9.98. The molecule has 0 radical (unpaired) electrons. The summed E-state index contributed by atoms with van der Waals surface area (Å²) in [5, 5.41) is 0. The quantitative estimate of drug-likeness (QED) is 0.429. The average Bonchev–Trinajstić information content (AvgIpc) is 2.77. The first-order valence-corrected chi connectivity index (χ1v) is 8.89. The van der Waals surface area contributed by atoms with Crippen molar-refractivity contribution in [1.29, 1.82) is 0 Å². The summed E-state index contributed by atoms with van der Waals surface area (Å²) < 4.78 is 4.69. The highest BCUT2D eigenvalue weighted by molar-refractivity contribution is 5.89. The minimum Gasteiger partial charge on any atom is -0.465 e. The van der Waals surface area contributed by atoms with Gasteiger partial charge in [0, 0.05) is 5.56 Å². The van der Waals surface area contributed by atoms with Crippen molar-refractivity contribution in [2.45, 2.75) is 0 Å². The van der Waals surface area contributed by atoms with Gasteiger partial charge in [0.2, 0.25) is 0 Å². The highest BCUT2D eigenvalue weighted by atomic mass is 16.5. The highest BCUT2D eigenvalue weighted by Gasteiger charge is 2.03. The van der Waals surface area contributed by atoms with Crippen molar-refractivity contribution in [2.75, 3.05) is 7.11 Å². The second kappa shape index (κ2) is 9.21. The smallest absolute Gasteiger partial charge is 0.337 e. The first-order valence-electron chi connectivity index (χ1n) is 8.89. The molecule has 0 unspecified atom stereocenters. The zero-order valence-electron chi connectivity index (χ0n) is 15.7. The zero-order chi connectivity index (χ0) is 19.8. The van der Waals surface area contributed by atoms with Crippen LogP contribution in [0.25, 0.3) is 23.3 Å². The fraction of sp³-hybridized carbons (Fsp3) is 0.0385. The van der Waals surface area contributed by atoms with Crippen LogP contribution < -0.4 is 0 Å². The third-order valence-electron chi connectivity index (χ3n) is 4.29. The Morgan fingerprint density at radius 3 is 2.36 bits per heavy atom. The van der Waals surface area contributed by atoms with Crippen LogP contribution >= 0.6 is 0 Å². The van der Waals surface area contributed by atoms with Gasteiger partial charge in [0.1, 0.15) is 0 Å². The summed E-state index contributed by atoms with van der Waals surface area (Å²) in [4.78, 5) is 11.5. The zero-order valence-corrected chi connectivity index (χ0v) is 15.7. The van der Waals surface area contributed by atoms with E-state index in [-0.39, 0.29) is 5.97 Å². The summed E-state index contributed by atoms with van der Waals surface area (Å²) in [5.41, 5.74) is 5.85. The summed E-state index contributed by atoms with van der Waals surface area (Å²) in [6.07, 6.45) is 5.68. The number of ether oxygens (including phenoxy) is 1. The molecule has 0 aromatic heterocycles. The number of carbonyl (C=O) groups excluding carboxylic acids is 1. The number of benzene rings is 3. The molecule has 0 aliphatic carbocycles. The fourth-order valence-corrected chi connectivity index (χ4v) is 2.77. The van der Waals surface area contributed by atoms with Gasteiger partial charge in [0.15, 0.2) is 0 Å². The van der Waals surface area contributed by atoms with Crippen molar-refractivity contribution in [2.24, 2.45) is 0 Å². The largest absolute Gasteiger partial charge is 0.465 e. The maximum Gasteiger partial charge on any atom is 0.337 e. The van der Waals surface area contributed by atoms with Crippen LogP contribution in [0.3, 0.4) is 0 Å². The van der Waals surface area contributed by atoms with Gasteiger partial charge in [-0.15, -0.1) is 0 Å². The van der Waals surface area contributed by atoms with Gasteiger partial charge in [-0.1, -0.05) is 73.0 Å². The Labute approximate surface area is 165 Å². The molecular weight excluding hydrogens is 344 g/mol. The Bertz CT molecular complexity index is 1060. The number of allylic oxidation sites excluding steroid dienone is 1. The molecule has 0 spiro atoms. The Morgan fingerprint density at radius 1 is 0.964 bits per heavy atom. The van der Waals surface area contributed by atoms with Crippen molar-refractivity contribution in [3.8, 4) is 23.0 Å². The van der Waals surface area contributed by atoms with E-state index in [0.29, 0.717) is 5.56 Å². The van der Waals surface area contributed by atoms with Gasteiger partial charge in [-0.05, 0) is 58.7 Å². The summed E-state index contributed by atoms with van der Waals surface area (Å²) in [6, 6.07) is 23.6. The van der Waals surface area contributed by atoms with Crippen LogP contribution in [0.5, 0.6) is 0 Å². The number of methoxy groups -OCH3 is 1. The summed E-state index contributed by atoms with van der Waals surface area (Å²) in [6.45, 7) is 3.79. The number of esters is 1. The molecule has 136 valence electrons. The lowest BCUT2D eigenvalue weighted by Crippen LogP contribution is -2.00. The van der Waals surface area contributed by atoms with Crippen LogP contribution in [0.4, 0.5) is 0 Å². The van der Waals surface area contributed by atoms with Crippen LogP contribution in [-0.2, 0) is 4.74 Å². The molecule has 0 saturated carbocycles. The lowest BCUT2D eigenvalue weighted by Gasteiger charge is -2.06. The van der Waals surface area contributed by atoms with Crippen LogP contribution in [0.1, 0.15) is 27.0 Å². The molecule has 0 saturated heterocycles. The number of hydrogen-bond donors (Lipinski definition) is 0. The van der Waals surface area contributed by atoms with E-state index >= 15 is 0 Å². The molecule has 0 bridgehead atoms. The molecular formula is C26H20O2. The van der Waals surface area contributed by atoms with Gasteiger partial charge in [0.05, 0.1) is 12.7 Å². The molecule has 0 aliphatic heterocycles. The number of carbonyl (C=O) groups is 1. The van der Waals surface area contributed by atoms with E-state index in [1.165, 1.54) is 7.11 Å². The summed E-state index contributed by atoms with van der Waals surface area (Å²) in [7, 11) is 1.37. The molecule has 2 heteroatoms. The van der Waals surface area contributed by atoms with E-state index in [1.54, 1.807) is 12.1 Å². The molecule has 0 aliphatic rings. The van der Waals surface area contributed by atoms with Gasteiger partial charge in [-0.3, -0.25) is 0 Å². The third kappa shape index (κ3) is 4.66. The van der Waals surface area contributed by atoms with Crippen molar-refractivity contribution >= 4 is 18.1 Å². The van der Waals surface area contributed by atoms with Gasteiger partial charge in [-0.25, -0.2) is 4.79 Å². The maximum atomic E-state index is 11.5. The average molecular weight is 364 g/mol. The van der Waals surface area contributed by atoms with Gasteiger partial charge >= 0.3 is 5.97 Å². The third-order valence-corrected chi connectivity index (χ3v) is 4.29. The Balaban J connectivity index is 1.77. The predicted octanol–water partition coefficient (Wildman–Crippen LogP) is 5.85. The van der Waals surface area contributed by atoms with Crippen molar-refractivity contribution in [3.05, 3.63) is 108 Å². The number of hydrogen-bond acceptors (Lipinski definition) is 2. The molecule has 0 N–H and O–H groups in total. The summed E-state index contributed by atoms with van der Waals surface area (Å²) in [5.74, 6) is 5.77. The summed E-state index contributed by atoms with van der Waals surface area (Å²) >= 11 is 0. The fourth-order valence-electron chi connectivity index (χ4n) is 2.77.